The van der Waals surface area contributed by atoms with Crippen LogP contribution in [0.5, 0.6) is 5.75 Å². The second kappa shape index (κ2) is 8.76. The van der Waals surface area contributed by atoms with E-state index in [2.05, 4.69) is 46.4 Å². The highest BCUT2D eigenvalue weighted by atomic mass is 79.9. The number of hydrogen-bond donors (Lipinski definition) is 1. The molecule has 0 saturated heterocycles. The molecule has 0 heterocycles. The van der Waals surface area contributed by atoms with Crippen molar-refractivity contribution in [1.82, 2.24) is 5.32 Å². The predicted molar refractivity (Wildman–Crippen MR) is 89.8 cm³/mol. The van der Waals surface area contributed by atoms with E-state index in [9.17, 15) is 0 Å². The van der Waals surface area contributed by atoms with Gasteiger partial charge in [0.05, 0.1) is 17.2 Å². The molecule has 118 valence electrons. The molecule has 0 aliphatic heterocycles. The Morgan fingerprint density at radius 2 is 2.19 bits per heavy atom. The number of benzene rings is 1. The first kappa shape index (κ1) is 16.8. The molecule has 1 aliphatic rings. The number of nitrogens with one attached hydrogen (secondary N) is 1. The topological polar surface area (TPSA) is 30.5 Å². The van der Waals surface area contributed by atoms with Crippen molar-refractivity contribution >= 4 is 15.9 Å². The molecule has 1 saturated carbocycles. The molecule has 0 spiro atoms. The van der Waals surface area contributed by atoms with Crippen LogP contribution < -0.4 is 10.1 Å². The van der Waals surface area contributed by atoms with Crippen molar-refractivity contribution in [2.75, 3.05) is 20.3 Å². The summed E-state index contributed by atoms with van der Waals surface area (Å²) in [5.74, 6) is 1.75. The summed E-state index contributed by atoms with van der Waals surface area (Å²) < 4.78 is 12.2. The summed E-state index contributed by atoms with van der Waals surface area (Å²) in [5.41, 5.74) is 1.25. The third-order valence-corrected chi connectivity index (χ3v) is 4.61. The number of halogens is 1. The molecule has 0 aromatic heterocycles. The highest BCUT2D eigenvalue weighted by Crippen LogP contribution is 2.31. The van der Waals surface area contributed by atoms with Crippen molar-refractivity contribution < 1.29 is 9.47 Å². The fourth-order valence-electron chi connectivity index (χ4n) is 2.82. The van der Waals surface area contributed by atoms with E-state index in [0.29, 0.717) is 6.10 Å². The zero-order valence-corrected chi connectivity index (χ0v) is 14.6. The number of rotatable bonds is 7. The molecule has 1 aromatic rings. The van der Waals surface area contributed by atoms with Crippen LogP contribution in [0.3, 0.4) is 0 Å². The smallest absolute Gasteiger partial charge is 0.133 e. The van der Waals surface area contributed by atoms with Crippen molar-refractivity contribution in [3.8, 4) is 5.75 Å². The minimum Gasteiger partial charge on any atom is -0.489 e. The largest absolute Gasteiger partial charge is 0.489 e. The van der Waals surface area contributed by atoms with Gasteiger partial charge in [-0.25, -0.2) is 0 Å². The van der Waals surface area contributed by atoms with Gasteiger partial charge in [-0.2, -0.15) is 0 Å². The maximum absolute atomic E-state index is 6.17. The number of methoxy groups -OCH3 is 1. The summed E-state index contributed by atoms with van der Waals surface area (Å²) in [6.45, 7) is 4.77. The van der Waals surface area contributed by atoms with Crippen molar-refractivity contribution in [2.24, 2.45) is 5.92 Å². The van der Waals surface area contributed by atoms with Crippen LogP contribution in [0.15, 0.2) is 22.7 Å². The highest BCUT2D eigenvalue weighted by Gasteiger charge is 2.20. The van der Waals surface area contributed by atoms with E-state index in [1.165, 1.54) is 31.2 Å². The monoisotopic (exact) mass is 355 g/mol. The fourth-order valence-corrected chi connectivity index (χ4v) is 3.34. The second-order valence-corrected chi connectivity index (χ2v) is 6.80. The molecule has 2 atom stereocenters. The molecule has 3 nitrogen and oxygen atoms in total. The van der Waals surface area contributed by atoms with E-state index >= 15 is 0 Å². The van der Waals surface area contributed by atoms with E-state index in [4.69, 9.17) is 9.47 Å². The lowest BCUT2D eigenvalue weighted by Gasteiger charge is -2.27. The van der Waals surface area contributed by atoms with Gasteiger partial charge in [-0.3, -0.25) is 0 Å². The third-order valence-electron chi connectivity index (χ3n) is 3.99. The molecule has 0 radical (unpaired) electrons. The van der Waals surface area contributed by atoms with Crippen molar-refractivity contribution in [3.63, 3.8) is 0 Å². The van der Waals surface area contributed by atoms with Gasteiger partial charge in [0.1, 0.15) is 5.75 Å². The average molecular weight is 356 g/mol. The summed E-state index contributed by atoms with van der Waals surface area (Å²) in [7, 11) is 1.72. The number of hydrogen-bond acceptors (Lipinski definition) is 3. The van der Waals surface area contributed by atoms with E-state index in [1.807, 2.05) is 0 Å². The van der Waals surface area contributed by atoms with Crippen LogP contribution in [-0.2, 0) is 11.3 Å². The molecule has 2 unspecified atom stereocenters. The zero-order chi connectivity index (χ0) is 15.1. The van der Waals surface area contributed by atoms with E-state index in [0.717, 1.165) is 35.8 Å². The van der Waals surface area contributed by atoms with E-state index in [1.54, 1.807) is 7.11 Å². The van der Waals surface area contributed by atoms with Gasteiger partial charge in [-0.15, -0.1) is 0 Å². The molecular weight excluding hydrogens is 330 g/mol. The van der Waals surface area contributed by atoms with Crippen LogP contribution in [0.1, 0.15) is 38.2 Å². The maximum Gasteiger partial charge on any atom is 0.133 e. The Morgan fingerprint density at radius 1 is 1.33 bits per heavy atom. The first-order chi connectivity index (χ1) is 10.2. The lowest BCUT2D eigenvalue weighted by molar-refractivity contribution is 0.128. The maximum atomic E-state index is 6.17. The molecule has 4 heteroatoms. The minimum atomic E-state index is 0.371. The van der Waals surface area contributed by atoms with Crippen LogP contribution in [-0.4, -0.2) is 26.4 Å². The zero-order valence-electron chi connectivity index (χ0n) is 13.0. The van der Waals surface area contributed by atoms with Crippen molar-refractivity contribution in [3.05, 3.63) is 28.2 Å². The highest BCUT2D eigenvalue weighted by molar-refractivity contribution is 9.10. The van der Waals surface area contributed by atoms with Gasteiger partial charge in [-0.1, -0.05) is 19.4 Å². The summed E-state index contributed by atoms with van der Waals surface area (Å²) in [6, 6.07) is 6.35. The second-order valence-electron chi connectivity index (χ2n) is 5.95. The van der Waals surface area contributed by atoms with Gasteiger partial charge >= 0.3 is 0 Å². The molecule has 1 aromatic carbocycles. The molecule has 1 aliphatic carbocycles. The predicted octanol–water partition coefficient (Wildman–Crippen LogP) is 4.14. The minimum absolute atomic E-state index is 0.371. The van der Waals surface area contributed by atoms with Crippen LogP contribution in [0.2, 0.25) is 0 Å². The van der Waals surface area contributed by atoms with E-state index in [-0.39, 0.29) is 0 Å². The summed E-state index contributed by atoms with van der Waals surface area (Å²) in [6.07, 6.45) is 5.35. The Kier molecular flexibility index (Phi) is 7.00. The molecule has 21 heavy (non-hydrogen) atoms. The quantitative estimate of drug-likeness (QED) is 0.745. The van der Waals surface area contributed by atoms with Crippen LogP contribution in [0.4, 0.5) is 0 Å². The van der Waals surface area contributed by atoms with Crippen molar-refractivity contribution in [2.45, 2.75) is 45.3 Å². The molecule has 1 fully saturated rings. The van der Waals surface area contributed by atoms with Crippen LogP contribution >= 0.6 is 15.9 Å². The lowest BCUT2D eigenvalue weighted by Crippen LogP contribution is -2.24. The van der Waals surface area contributed by atoms with Crippen molar-refractivity contribution in [1.29, 1.82) is 0 Å². The normalized spacial score (nSPS) is 22.2. The van der Waals surface area contributed by atoms with Gasteiger partial charge in [0.15, 0.2) is 0 Å². The average Bonchev–Trinajstić information content (AvgIpc) is 2.46. The Bertz CT molecular complexity index is 439. The summed E-state index contributed by atoms with van der Waals surface area (Å²) in [4.78, 5) is 0. The molecule has 2 rings (SSSR count). The lowest BCUT2D eigenvalue weighted by atomic mass is 9.89. The summed E-state index contributed by atoms with van der Waals surface area (Å²) >= 11 is 3.63. The molecule has 0 amide bonds. The van der Waals surface area contributed by atoms with Gasteiger partial charge in [-0.05, 0) is 58.8 Å². The third kappa shape index (κ3) is 5.61. The first-order valence-corrected chi connectivity index (χ1v) is 8.63. The van der Waals surface area contributed by atoms with Crippen LogP contribution in [0, 0.1) is 5.92 Å². The Labute approximate surface area is 136 Å². The van der Waals surface area contributed by atoms with E-state index < -0.39 is 0 Å². The first-order valence-electron chi connectivity index (χ1n) is 7.83. The molecule has 0 bridgehead atoms. The van der Waals surface area contributed by atoms with Gasteiger partial charge < -0.3 is 14.8 Å². The van der Waals surface area contributed by atoms with Crippen LogP contribution in [0.25, 0.3) is 0 Å². The molecular formula is C17H26BrNO2. The Morgan fingerprint density at radius 3 is 2.90 bits per heavy atom. The SMILES string of the molecule is COCCNCc1ccc(OC2CCCC(C)C2)c(Br)c1. The summed E-state index contributed by atoms with van der Waals surface area (Å²) in [5, 5.41) is 3.35. The van der Waals surface area contributed by atoms with Gasteiger partial charge in [0, 0.05) is 20.2 Å². The molecule has 1 N–H and O–H groups in total. The number of ether oxygens (including phenoxy) is 2. The Hall–Kier alpha value is -0.580. The van der Waals surface area contributed by atoms with Gasteiger partial charge in [0.2, 0.25) is 0 Å². The fraction of sp³-hybridized carbons (Fsp3) is 0.647. The standard InChI is InChI=1S/C17H26BrNO2/c1-13-4-3-5-15(10-13)21-17-7-6-14(11-16(17)18)12-19-8-9-20-2/h6-7,11,13,15,19H,3-5,8-10,12H2,1-2H3. The van der Waals surface area contributed by atoms with Gasteiger partial charge in [0.25, 0.3) is 0 Å². The Balaban J connectivity index is 1.86.